The summed E-state index contributed by atoms with van der Waals surface area (Å²) >= 11 is 0. The Morgan fingerprint density at radius 2 is 2.29 bits per heavy atom. The minimum atomic E-state index is -0.532. The Labute approximate surface area is 81.1 Å². The molecule has 1 N–H and O–H groups in total. The van der Waals surface area contributed by atoms with Crippen molar-refractivity contribution in [2.24, 2.45) is 0 Å². The molecule has 5 heteroatoms. The summed E-state index contributed by atoms with van der Waals surface area (Å²) in [5, 5.41) is 19.2. The van der Waals surface area contributed by atoms with Gasteiger partial charge < -0.3 is 9.84 Å². The van der Waals surface area contributed by atoms with E-state index >= 15 is 0 Å². The molecular formula is C9H10NO4. The molecule has 0 unspecified atom stereocenters. The summed E-state index contributed by atoms with van der Waals surface area (Å²) in [6, 6.07) is 4.11. The lowest BCUT2D eigenvalue weighted by Gasteiger charge is -2.04. The van der Waals surface area contributed by atoms with E-state index in [1.54, 1.807) is 6.92 Å². The van der Waals surface area contributed by atoms with E-state index in [1.165, 1.54) is 18.2 Å². The molecule has 0 heterocycles. The highest BCUT2D eigenvalue weighted by Gasteiger charge is 2.09. The van der Waals surface area contributed by atoms with Crippen molar-refractivity contribution >= 4 is 5.69 Å². The highest BCUT2D eigenvalue weighted by Crippen LogP contribution is 2.23. The van der Waals surface area contributed by atoms with Gasteiger partial charge in [-0.15, -0.1) is 0 Å². The van der Waals surface area contributed by atoms with Crippen LogP contribution in [0, 0.1) is 16.7 Å². The highest BCUT2D eigenvalue weighted by atomic mass is 16.6. The lowest BCUT2D eigenvalue weighted by atomic mass is 10.2. The van der Waals surface area contributed by atoms with Crippen LogP contribution in [0.2, 0.25) is 0 Å². The third kappa shape index (κ3) is 2.43. The van der Waals surface area contributed by atoms with E-state index in [0.717, 1.165) is 6.61 Å². The molecule has 0 aliphatic rings. The second-order valence-corrected chi connectivity index (χ2v) is 2.58. The van der Waals surface area contributed by atoms with E-state index in [2.05, 4.69) is 0 Å². The van der Waals surface area contributed by atoms with Crippen LogP contribution in [0.25, 0.3) is 0 Å². The smallest absolute Gasteiger partial charge is 0.273 e. The van der Waals surface area contributed by atoms with E-state index < -0.39 is 4.92 Å². The van der Waals surface area contributed by atoms with E-state index in [0.29, 0.717) is 17.9 Å². The quantitative estimate of drug-likeness (QED) is 0.589. The molecular weight excluding hydrogens is 186 g/mol. The van der Waals surface area contributed by atoms with Crippen molar-refractivity contribution < 1.29 is 14.8 Å². The summed E-state index contributed by atoms with van der Waals surface area (Å²) < 4.78 is 5.10. The van der Waals surface area contributed by atoms with Crippen molar-refractivity contribution in [3.63, 3.8) is 0 Å². The fourth-order valence-corrected chi connectivity index (χ4v) is 1.04. The van der Waals surface area contributed by atoms with Crippen LogP contribution in [-0.2, 0) is 0 Å². The van der Waals surface area contributed by atoms with Crippen LogP contribution in [0.5, 0.6) is 5.75 Å². The van der Waals surface area contributed by atoms with Crippen molar-refractivity contribution in [1.29, 1.82) is 0 Å². The molecule has 0 bridgehead atoms. The summed E-state index contributed by atoms with van der Waals surface area (Å²) in [6.45, 7) is 3.00. The van der Waals surface area contributed by atoms with Crippen molar-refractivity contribution in [1.82, 2.24) is 0 Å². The van der Waals surface area contributed by atoms with Crippen LogP contribution in [0.15, 0.2) is 18.2 Å². The molecule has 0 atom stereocenters. The molecule has 0 aliphatic heterocycles. The summed E-state index contributed by atoms with van der Waals surface area (Å²) in [6.07, 6.45) is 0. The maximum Gasteiger partial charge on any atom is 0.273 e. The molecule has 14 heavy (non-hydrogen) atoms. The number of hydrogen-bond donors (Lipinski definition) is 1. The fraction of sp³-hybridized carbons (Fsp3) is 0.222. The lowest BCUT2D eigenvalue weighted by molar-refractivity contribution is -0.385. The van der Waals surface area contributed by atoms with Crippen LogP contribution >= 0.6 is 0 Å². The maximum atomic E-state index is 10.5. The number of nitrogens with zero attached hydrogens (tertiary/aromatic N) is 1. The Bertz CT molecular complexity index is 338. The Morgan fingerprint density at radius 1 is 1.57 bits per heavy atom. The zero-order chi connectivity index (χ0) is 10.6. The molecule has 0 aliphatic carbocycles. The standard InChI is InChI=1S/C9H10NO4/c1-2-14-9-4-7(6-11)3-8(5-9)10(12)13/h3-6,11H,2H2,1H3. The number of aliphatic hydroxyl groups is 1. The van der Waals surface area contributed by atoms with Crippen molar-refractivity contribution in [3.8, 4) is 5.75 Å². The minimum Gasteiger partial charge on any atom is -0.494 e. The van der Waals surface area contributed by atoms with Crippen molar-refractivity contribution in [2.45, 2.75) is 6.92 Å². The predicted molar refractivity (Wildman–Crippen MR) is 49.6 cm³/mol. The topological polar surface area (TPSA) is 72.6 Å². The average molecular weight is 196 g/mol. The molecule has 0 aromatic heterocycles. The van der Waals surface area contributed by atoms with Gasteiger partial charge in [-0.05, 0) is 18.6 Å². The van der Waals surface area contributed by atoms with Gasteiger partial charge in [0.25, 0.3) is 5.69 Å². The Balaban J connectivity index is 3.06. The summed E-state index contributed by atoms with van der Waals surface area (Å²) in [4.78, 5) is 9.95. The largest absolute Gasteiger partial charge is 0.494 e. The summed E-state index contributed by atoms with van der Waals surface area (Å²) in [5.74, 6) is 0.377. The minimum absolute atomic E-state index is 0.101. The average Bonchev–Trinajstić information content (AvgIpc) is 2.17. The number of hydrogen-bond acceptors (Lipinski definition) is 4. The van der Waals surface area contributed by atoms with Crippen LogP contribution in [0.4, 0.5) is 5.69 Å². The third-order valence-corrected chi connectivity index (χ3v) is 1.58. The first kappa shape index (κ1) is 10.5. The lowest BCUT2D eigenvalue weighted by Crippen LogP contribution is -1.95. The zero-order valence-electron chi connectivity index (χ0n) is 7.64. The van der Waals surface area contributed by atoms with Gasteiger partial charge in [0.05, 0.1) is 17.6 Å². The molecule has 1 aromatic carbocycles. The predicted octanol–water partition coefficient (Wildman–Crippen LogP) is 1.88. The van der Waals surface area contributed by atoms with E-state index in [1.807, 2.05) is 0 Å². The van der Waals surface area contributed by atoms with Gasteiger partial charge in [0.2, 0.25) is 0 Å². The fourth-order valence-electron chi connectivity index (χ4n) is 1.04. The first-order chi connectivity index (χ1) is 6.67. The molecule has 0 amide bonds. The van der Waals surface area contributed by atoms with Gasteiger partial charge >= 0.3 is 0 Å². The van der Waals surface area contributed by atoms with Crippen LogP contribution in [0.1, 0.15) is 12.5 Å². The molecule has 1 radical (unpaired) electrons. The van der Waals surface area contributed by atoms with Gasteiger partial charge in [0.1, 0.15) is 12.4 Å². The van der Waals surface area contributed by atoms with E-state index in [9.17, 15) is 10.1 Å². The number of ether oxygens (including phenoxy) is 1. The van der Waals surface area contributed by atoms with E-state index in [-0.39, 0.29) is 5.69 Å². The normalized spacial score (nSPS) is 9.86. The van der Waals surface area contributed by atoms with E-state index in [4.69, 9.17) is 9.84 Å². The number of aliphatic hydroxyl groups excluding tert-OH is 1. The Kier molecular flexibility index (Phi) is 3.41. The summed E-state index contributed by atoms with van der Waals surface area (Å²) in [5.41, 5.74) is 0.249. The Hall–Kier alpha value is -1.62. The van der Waals surface area contributed by atoms with Gasteiger partial charge in [-0.1, -0.05) is 0 Å². The van der Waals surface area contributed by atoms with Gasteiger partial charge in [0, 0.05) is 6.07 Å². The molecule has 0 fully saturated rings. The number of nitro groups is 1. The van der Waals surface area contributed by atoms with Gasteiger partial charge in [-0.2, -0.15) is 0 Å². The number of non-ortho nitro benzene ring substituents is 1. The van der Waals surface area contributed by atoms with Crippen molar-refractivity contribution in [3.05, 3.63) is 40.5 Å². The van der Waals surface area contributed by atoms with Gasteiger partial charge in [0.15, 0.2) is 0 Å². The number of nitro benzene ring substituents is 1. The molecule has 1 aromatic rings. The van der Waals surface area contributed by atoms with Gasteiger partial charge in [-0.25, -0.2) is 0 Å². The number of rotatable bonds is 4. The third-order valence-electron chi connectivity index (χ3n) is 1.58. The summed E-state index contributed by atoms with van der Waals surface area (Å²) in [7, 11) is 0. The zero-order valence-corrected chi connectivity index (χ0v) is 7.64. The highest BCUT2D eigenvalue weighted by molar-refractivity contribution is 5.44. The first-order valence-corrected chi connectivity index (χ1v) is 4.07. The first-order valence-electron chi connectivity index (χ1n) is 4.07. The molecule has 0 saturated heterocycles. The maximum absolute atomic E-state index is 10.5. The molecule has 5 nitrogen and oxygen atoms in total. The SMILES string of the molecule is CCOc1cc([CH]O)cc([N+](=O)[O-])c1. The second-order valence-electron chi connectivity index (χ2n) is 2.58. The van der Waals surface area contributed by atoms with Crippen LogP contribution < -0.4 is 4.74 Å². The monoisotopic (exact) mass is 196 g/mol. The molecule has 0 saturated carbocycles. The number of benzene rings is 1. The van der Waals surface area contributed by atoms with Crippen molar-refractivity contribution in [2.75, 3.05) is 6.61 Å². The van der Waals surface area contributed by atoms with Gasteiger partial charge in [-0.3, -0.25) is 10.1 Å². The Morgan fingerprint density at radius 3 is 2.79 bits per heavy atom. The molecule has 1 rings (SSSR count). The van der Waals surface area contributed by atoms with Crippen LogP contribution in [-0.4, -0.2) is 16.6 Å². The molecule has 0 spiro atoms. The van der Waals surface area contributed by atoms with Crippen LogP contribution in [0.3, 0.4) is 0 Å². The molecule has 75 valence electrons. The second kappa shape index (κ2) is 4.57.